The van der Waals surface area contributed by atoms with Crippen molar-refractivity contribution in [3.63, 3.8) is 0 Å². The lowest BCUT2D eigenvalue weighted by Crippen LogP contribution is -2.36. The molecule has 15 heavy (non-hydrogen) atoms. The molecule has 0 spiro atoms. The quantitative estimate of drug-likeness (QED) is 0.658. The van der Waals surface area contributed by atoms with Crippen LogP contribution in [0.1, 0.15) is 54.4 Å². The lowest BCUT2D eigenvalue weighted by Gasteiger charge is -2.23. The molecule has 0 aromatic heterocycles. The third-order valence-corrected chi connectivity index (χ3v) is 2.57. The van der Waals surface area contributed by atoms with Crippen molar-refractivity contribution in [1.29, 1.82) is 0 Å². The maximum Gasteiger partial charge on any atom is 0.0517 e. The number of nitrogens with one attached hydrogen (secondary N) is 1. The van der Waals surface area contributed by atoms with Crippen molar-refractivity contribution in [1.82, 2.24) is 5.32 Å². The van der Waals surface area contributed by atoms with E-state index in [0.29, 0.717) is 5.41 Å². The Hall–Kier alpha value is -0.0800. The van der Waals surface area contributed by atoms with Crippen molar-refractivity contribution in [3.05, 3.63) is 0 Å². The van der Waals surface area contributed by atoms with Crippen LogP contribution >= 0.6 is 0 Å². The van der Waals surface area contributed by atoms with Crippen LogP contribution in [0.15, 0.2) is 0 Å². The average Bonchev–Trinajstić information content (AvgIpc) is 2.09. The minimum atomic E-state index is 0.225. The van der Waals surface area contributed by atoms with Gasteiger partial charge >= 0.3 is 0 Å². The van der Waals surface area contributed by atoms with Crippen molar-refractivity contribution in [2.75, 3.05) is 19.8 Å². The first kappa shape index (κ1) is 14.9. The van der Waals surface area contributed by atoms with E-state index in [-0.39, 0.29) is 5.54 Å². The van der Waals surface area contributed by atoms with Gasteiger partial charge in [-0.2, -0.15) is 0 Å². The fourth-order valence-electron chi connectivity index (χ4n) is 1.09. The lowest BCUT2D eigenvalue weighted by molar-refractivity contribution is 0.0584. The first-order valence-corrected chi connectivity index (χ1v) is 6.10. The molecule has 2 nitrogen and oxygen atoms in total. The van der Waals surface area contributed by atoms with Gasteiger partial charge in [0.25, 0.3) is 0 Å². The molecule has 1 N–H and O–H groups in total. The molecule has 0 heterocycles. The molecular weight excluding hydrogens is 186 g/mol. The van der Waals surface area contributed by atoms with E-state index in [0.717, 1.165) is 26.2 Å². The molecule has 0 saturated heterocycles. The summed E-state index contributed by atoms with van der Waals surface area (Å²) < 4.78 is 5.66. The second-order valence-corrected chi connectivity index (χ2v) is 6.10. The SMILES string of the molecule is CCC(C)(C)COCCCNC(C)(C)C. The zero-order chi connectivity index (χ0) is 11.9. The molecule has 0 rings (SSSR count). The van der Waals surface area contributed by atoms with Crippen LogP contribution in [0.25, 0.3) is 0 Å². The molecule has 0 radical (unpaired) electrons. The Morgan fingerprint density at radius 1 is 1.07 bits per heavy atom. The fourth-order valence-corrected chi connectivity index (χ4v) is 1.09. The smallest absolute Gasteiger partial charge is 0.0517 e. The second kappa shape index (κ2) is 6.49. The molecule has 0 atom stereocenters. The Morgan fingerprint density at radius 2 is 1.67 bits per heavy atom. The molecule has 0 saturated carbocycles. The van der Waals surface area contributed by atoms with Gasteiger partial charge in [0, 0.05) is 12.1 Å². The molecule has 0 bridgehead atoms. The summed E-state index contributed by atoms with van der Waals surface area (Å²) >= 11 is 0. The standard InChI is InChI=1S/C13H29NO/c1-7-13(5,6)11-15-10-8-9-14-12(2,3)4/h14H,7-11H2,1-6H3. The summed E-state index contributed by atoms with van der Waals surface area (Å²) in [6, 6.07) is 0. The van der Waals surface area contributed by atoms with Gasteiger partial charge in [0.05, 0.1) is 6.61 Å². The Morgan fingerprint density at radius 3 is 2.13 bits per heavy atom. The summed E-state index contributed by atoms with van der Waals surface area (Å²) in [5.41, 5.74) is 0.556. The summed E-state index contributed by atoms with van der Waals surface area (Å²) in [7, 11) is 0. The van der Waals surface area contributed by atoms with Crippen LogP contribution in [0.3, 0.4) is 0 Å². The van der Waals surface area contributed by atoms with Gasteiger partial charge in [-0.3, -0.25) is 0 Å². The van der Waals surface area contributed by atoms with Gasteiger partial charge in [0.2, 0.25) is 0 Å². The third-order valence-electron chi connectivity index (χ3n) is 2.57. The van der Waals surface area contributed by atoms with Crippen LogP contribution in [0.5, 0.6) is 0 Å². The van der Waals surface area contributed by atoms with Crippen LogP contribution in [0, 0.1) is 5.41 Å². The predicted molar refractivity (Wildman–Crippen MR) is 67.3 cm³/mol. The largest absolute Gasteiger partial charge is 0.381 e. The number of hydrogen-bond donors (Lipinski definition) is 1. The van der Waals surface area contributed by atoms with Gasteiger partial charge in [-0.15, -0.1) is 0 Å². The van der Waals surface area contributed by atoms with Gasteiger partial charge in [0.15, 0.2) is 0 Å². The molecule has 0 aromatic rings. The van der Waals surface area contributed by atoms with Gasteiger partial charge in [-0.25, -0.2) is 0 Å². The van der Waals surface area contributed by atoms with Gasteiger partial charge in [-0.05, 0) is 45.6 Å². The van der Waals surface area contributed by atoms with Crippen molar-refractivity contribution >= 4 is 0 Å². The molecule has 0 aliphatic carbocycles. The molecule has 0 aromatic carbocycles. The Bertz CT molecular complexity index is 158. The average molecular weight is 215 g/mol. The maximum atomic E-state index is 5.66. The van der Waals surface area contributed by atoms with Crippen molar-refractivity contribution < 1.29 is 4.74 Å². The minimum absolute atomic E-state index is 0.225. The monoisotopic (exact) mass is 215 g/mol. The minimum Gasteiger partial charge on any atom is -0.381 e. The topological polar surface area (TPSA) is 21.3 Å². The summed E-state index contributed by atoms with van der Waals surface area (Å²) in [5.74, 6) is 0. The molecule has 2 heteroatoms. The van der Waals surface area contributed by atoms with E-state index in [9.17, 15) is 0 Å². The number of hydrogen-bond acceptors (Lipinski definition) is 2. The van der Waals surface area contributed by atoms with Crippen molar-refractivity contribution in [2.24, 2.45) is 5.41 Å². The van der Waals surface area contributed by atoms with E-state index in [1.165, 1.54) is 6.42 Å². The summed E-state index contributed by atoms with van der Waals surface area (Å²) in [6.07, 6.45) is 2.27. The lowest BCUT2D eigenvalue weighted by atomic mass is 9.92. The van der Waals surface area contributed by atoms with Crippen LogP contribution in [-0.2, 0) is 4.74 Å². The highest BCUT2D eigenvalue weighted by Gasteiger charge is 2.14. The Kier molecular flexibility index (Phi) is 6.46. The van der Waals surface area contributed by atoms with E-state index >= 15 is 0 Å². The highest BCUT2D eigenvalue weighted by Crippen LogP contribution is 2.19. The third kappa shape index (κ3) is 10.2. The number of rotatable bonds is 7. The second-order valence-electron chi connectivity index (χ2n) is 6.10. The molecule has 0 unspecified atom stereocenters. The Labute approximate surface area is 95.8 Å². The van der Waals surface area contributed by atoms with E-state index in [4.69, 9.17) is 4.74 Å². The van der Waals surface area contributed by atoms with Crippen LogP contribution in [0.2, 0.25) is 0 Å². The predicted octanol–water partition coefficient (Wildman–Crippen LogP) is 3.22. The first-order valence-electron chi connectivity index (χ1n) is 6.10. The van der Waals surface area contributed by atoms with E-state index in [1.54, 1.807) is 0 Å². The molecule has 92 valence electrons. The molecule has 0 aliphatic heterocycles. The molecule has 0 fully saturated rings. The van der Waals surface area contributed by atoms with Crippen LogP contribution in [0.4, 0.5) is 0 Å². The summed E-state index contributed by atoms with van der Waals surface area (Å²) in [4.78, 5) is 0. The number of ether oxygens (including phenoxy) is 1. The summed E-state index contributed by atoms with van der Waals surface area (Å²) in [5, 5.41) is 3.45. The first-order chi connectivity index (χ1) is 6.77. The van der Waals surface area contributed by atoms with Crippen molar-refractivity contribution in [3.8, 4) is 0 Å². The van der Waals surface area contributed by atoms with E-state index < -0.39 is 0 Å². The molecular formula is C13H29NO. The van der Waals surface area contributed by atoms with Crippen LogP contribution in [-0.4, -0.2) is 25.3 Å². The maximum absolute atomic E-state index is 5.66. The fraction of sp³-hybridized carbons (Fsp3) is 1.00. The van der Waals surface area contributed by atoms with Crippen LogP contribution < -0.4 is 5.32 Å². The zero-order valence-corrected chi connectivity index (χ0v) is 11.4. The highest BCUT2D eigenvalue weighted by atomic mass is 16.5. The van der Waals surface area contributed by atoms with E-state index in [1.807, 2.05) is 0 Å². The van der Waals surface area contributed by atoms with Gasteiger partial charge in [0.1, 0.15) is 0 Å². The van der Waals surface area contributed by atoms with Gasteiger partial charge < -0.3 is 10.1 Å². The zero-order valence-electron chi connectivity index (χ0n) is 11.4. The van der Waals surface area contributed by atoms with E-state index in [2.05, 4.69) is 46.9 Å². The molecule has 0 aliphatic rings. The van der Waals surface area contributed by atoms with Crippen molar-refractivity contribution in [2.45, 2.75) is 59.9 Å². The van der Waals surface area contributed by atoms with Gasteiger partial charge in [-0.1, -0.05) is 20.8 Å². The Balaban J connectivity index is 3.33. The summed E-state index contributed by atoms with van der Waals surface area (Å²) in [6.45, 7) is 16.1. The normalized spacial score (nSPS) is 13.2. The molecule has 0 amide bonds. The highest BCUT2D eigenvalue weighted by molar-refractivity contribution is 4.69.